The Morgan fingerprint density at radius 2 is 1.36 bits per heavy atom. The predicted molar refractivity (Wildman–Crippen MR) is 110 cm³/mol. The molecule has 1 unspecified atom stereocenters. The van der Waals surface area contributed by atoms with E-state index >= 15 is 0 Å². The fourth-order valence-corrected chi connectivity index (χ4v) is 3.01. The molecule has 3 aromatic rings. The number of anilines is 2. The number of benzene rings is 3. The van der Waals surface area contributed by atoms with Gasteiger partial charge < -0.3 is 15.3 Å². The summed E-state index contributed by atoms with van der Waals surface area (Å²) in [6.07, 6.45) is 0. The van der Waals surface area contributed by atoms with Crippen LogP contribution >= 0.6 is 0 Å². The summed E-state index contributed by atoms with van der Waals surface area (Å²) in [7, 11) is 0. The maximum atomic E-state index is 12.6. The number of rotatable bonds is 7. The van der Waals surface area contributed by atoms with Crippen molar-refractivity contribution in [2.75, 3.05) is 11.4 Å². The highest BCUT2D eigenvalue weighted by atomic mass is 16.4. The molecule has 1 amide bonds. The Kier molecular flexibility index (Phi) is 6.07. The van der Waals surface area contributed by atoms with Crippen LogP contribution in [-0.4, -0.2) is 29.6 Å². The maximum absolute atomic E-state index is 12.6. The van der Waals surface area contributed by atoms with E-state index in [4.69, 9.17) is 0 Å². The Morgan fingerprint density at radius 1 is 0.857 bits per heavy atom. The molecule has 2 N–H and O–H groups in total. The highest BCUT2D eigenvalue weighted by Crippen LogP contribution is 2.25. The van der Waals surface area contributed by atoms with Crippen LogP contribution in [-0.2, 0) is 4.79 Å². The molecule has 0 spiro atoms. The summed E-state index contributed by atoms with van der Waals surface area (Å²) in [6.45, 7) is 1.92. The van der Waals surface area contributed by atoms with Crippen LogP contribution in [0.25, 0.3) is 0 Å². The zero-order chi connectivity index (χ0) is 19.9. The van der Waals surface area contributed by atoms with Crippen molar-refractivity contribution >= 4 is 23.3 Å². The van der Waals surface area contributed by atoms with Crippen molar-refractivity contribution in [3.8, 4) is 0 Å². The van der Waals surface area contributed by atoms with E-state index in [2.05, 4.69) is 5.32 Å². The van der Waals surface area contributed by atoms with E-state index in [0.717, 1.165) is 16.9 Å². The molecular weight excluding hydrogens is 352 g/mol. The number of aliphatic carboxylic acids is 1. The molecule has 0 aromatic heterocycles. The molecular formula is C23H22N2O3. The molecule has 0 aliphatic rings. The topological polar surface area (TPSA) is 69.6 Å². The molecule has 142 valence electrons. The Bertz CT molecular complexity index is 903. The summed E-state index contributed by atoms with van der Waals surface area (Å²) in [5, 5.41) is 12.4. The maximum Gasteiger partial charge on any atom is 0.328 e. The summed E-state index contributed by atoms with van der Waals surface area (Å²) in [4.78, 5) is 26.4. The van der Waals surface area contributed by atoms with E-state index < -0.39 is 17.9 Å². The zero-order valence-corrected chi connectivity index (χ0v) is 15.6. The standard InChI is InChI=1S/C23H22N2O3/c1-17-10-8-9-15-20(17)22(26)24-21(23(27)28)16-25(18-11-4-2-5-12-18)19-13-6-3-7-14-19/h2-15,21H,16H2,1H3,(H,24,26)(H,27,28). The normalized spacial score (nSPS) is 11.5. The van der Waals surface area contributed by atoms with Crippen molar-refractivity contribution in [2.24, 2.45) is 0 Å². The van der Waals surface area contributed by atoms with Crippen molar-refractivity contribution in [1.82, 2.24) is 5.32 Å². The average molecular weight is 374 g/mol. The van der Waals surface area contributed by atoms with Gasteiger partial charge in [0.1, 0.15) is 6.04 Å². The molecule has 0 radical (unpaired) electrons. The lowest BCUT2D eigenvalue weighted by Gasteiger charge is -2.28. The predicted octanol–water partition coefficient (Wildman–Crippen LogP) is 4.02. The number of carbonyl (C=O) groups is 2. The van der Waals surface area contributed by atoms with Gasteiger partial charge in [0.2, 0.25) is 0 Å². The average Bonchev–Trinajstić information content (AvgIpc) is 2.72. The van der Waals surface area contributed by atoms with Crippen LogP contribution in [0.1, 0.15) is 15.9 Å². The molecule has 5 nitrogen and oxygen atoms in total. The molecule has 0 aliphatic heterocycles. The first kappa shape index (κ1) is 19.2. The Hall–Kier alpha value is -3.60. The number of nitrogens with zero attached hydrogens (tertiary/aromatic N) is 1. The highest BCUT2D eigenvalue weighted by Gasteiger charge is 2.25. The van der Waals surface area contributed by atoms with E-state index in [1.165, 1.54) is 0 Å². The molecule has 3 aromatic carbocycles. The lowest BCUT2D eigenvalue weighted by atomic mass is 10.1. The summed E-state index contributed by atoms with van der Waals surface area (Å²) in [6, 6.07) is 25.1. The zero-order valence-electron chi connectivity index (χ0n) is 15.6. The van der Waals surface area contributed by atoms with Gasteiger partial charge in [0.25, 0.3) is 5.91 Å². The first-order chi connectivity index (χ1) is 13.6. The number of amides is 1. The molecule has 0 saturated carbocycles. The van der Waals surface area contributed by atoms with Gasteiger partial charge in [-0.15, -0.1) is 0 Å². The molecule has 0 heterocycles. The second kappa shape index (κ2) is 8.86. The number of hydrogen-bond acceptors (Lipinski definition) is 3. The molecule has 28 heavy (non-hydrogen) atoms. The van der Waals surface area contributed by atoms with E-state index in [-0.39, 0.29) is 6.54 Å². The molecule has 0 saturated heterocycles. The minimum Gasteiger partial charge on any atom is -0.480 e. The molecule has 0 aliphatic carbocycles. The molecule has 3 rings (SSSR count). The number of carbonyl (C=O) groups excluding carboxylic acids is 1. The van der Waals surface area contributed by atoms with E-state index in [9.17, 15) is 14.7 Å². The summed E-state index contributed by atoms with van der Waals surface area (Å²) >= 11 is 0. The molecule has 1 atom stereocenters. The van der Waals surface area contributed by atoms with E-state index in [1.807, 2.05) is 84.6 Å². The summed E-state index contributed by atoms with van der Waals surface area (Å²) in [5.41, 5.74) is 2.97. The smallest absolute Gasteiger partial charge is 0.328 e. The number of hydrogen-bond donors (Lipinski definition) is 2. The van der Waals surface area contributed by atoms with Crippen molar-refractivity contribution in [2.45, 2.75) is 13.0 Å². The van der Waals surface area contributed by atoms with Crippen LogP contribution < -0.4 is 10.2 Å². The fraction of sp³-hybridized carbons (Fsp3) is 0.130. The van der Waals surface area contributed by atoms with Gasteiger partial charge in [0.15, 0.2) is 0 Å². The van der Waals surface area contributed by atoms with Gasteiger partial charge in [-0.1, -0.05) is 54.6 Å². The largest absolute Gasteiger partial charge is 0.480 e. The van der Waals surface area contributed by atoms with Gasteiger partial charge in [-0.05, 0) is 42.8 Å². The molecule has 5 heteroatoms. The van der Waals surface area contributed by atoms with Crippen molar-refractivity contribution in [1.29, 1.82) is 0 Å². The first-order valence-electron chi connectivity index (χ1n) is 9.03. The minimum absolute atomic E-state index is 0.0982. The van der Waals surface area contributed by atoms with Gasteiger partial charge in [0, 0.05) is 16.9 Å². The molecule has 0 bridgehead atoms. The Balaban J connectivity index is 1.87. The monoisotopic (exact) mass is 374 g/mol. The number of aryl methyl sites for hydroxylation is 1. The third kappa shape index (κ3) is 4.57. The number of carboxylic acids is 1. The van der Waals surface area contributed by atoms with Gasteiger partial charge in [-0.2, -0.15) is 0 Å². The third-order valence-corrected chi connectivity index (χ3v) is 4.49. The highest BCUT2D eigenvalue weighted by molar-refractivity contribution is 5.98. The van der Waals surface area contributed by atoms with Gasteiger partial charge >= 0.3 is 5.97 Å². The van der Waals surface area contributed by atoms with Gasteiger partial charge in [-0.3, -0.25) is 4.79 Å². The quantitative estimate of drug-likeness (QED) is 0.655. The van der Waals surface area contributed by atoms with Crippen LogP contribution in [0.2, 0.25) is 0 Å². The van der Waals surface area contributed by atoms with Gasteiger partial charge in [-0.25, -0.2) is 4.79 Å². The lowest BCUT2D eigenvalue weighted by molar-refractivity contribution is -0.138. The lowest BCUT2D eigenvalue weighted by Crippen LogP contribution is -2.47. The van der Waals surface area contributed by atoms with Crippen molar-refractivity contribution in [3.63, 3.8) is 0 Å². The van der Waals surface area contributed by atoms with Crippen molar-refractivity contribution in [3.05, 3.63) is 96.1 Å². The fourth-order valence-electron chi connectivity index (χ4n) is 3.01. The van der Waals surface area contributed by atoms with Gasteiger partial charge in [0.05, 0.1) is 6.54 Å². The van der Waals surface area contributed by atoms with E-state index in [1.54, 1.807) is 12.1 Å². The van der Waals surface area contributed by atoms with Crippen LogP contribution in [0.5, 0.6) is 0 Å². The second-order valence-electron chi connectivity index (χ2n) is 6.46. The second-order valence-corrected chi connectivity index (χ2v) is 6.46. The van der Waals surface area contributed by atoms with E-state index in [0.29, 0.717) is 5.56 Å². The number of para-hydroxylation sites is 2. The van der Waals surface area contributed by atoms with Crippen LogP contribution in [0, 0.1) is 6.92 Å². The minimum atomic E-state index is -1.08. The van der Waals surface area contributed by atoms with Crippen LogP contribution in [0.4, 0.5) is 11.4 Å². The number of carboxylic acid groups (broad SMARTS) is 1. The molecule has 0 fully saturated rings. The Morgan fingerprint density at radius 3 is 1.86 bits per heavy atom. The summed E-state index contributed by atoms with van der Waals surface area (Å²) in [5.74, 6) is -1.48. The van der Waals surface area contributed by atoms with Crippen molar-refractivity contribution < 1.29 is 14.7 Å². The number of nitrogens with one attached hydrogen (secondary N) is 1. The Labute approximate surface area is 164 Å². The van der Waals surface area contributed by atoms with Crippen LogP contribution in [0.15, 0.2) is 84.9 Å². The van der Waals surface area contributed by atoms with Crippen LogP contribution in [0.3, 0.4) is 0 Å². The SMILES string of the molecule is Cc1ccccc1C(=O)NC(CN(c1ccccc1)c1ccccc1)C(=O)O. The third-order valence-electron chi connectivity index (χ3n) is 4.49. The first-order valence-corrected chi connectivity index (χ1v) is 9.03. The summed E-state index contributed by atoms with van der Waals surface area (Å²) < 4.78 is 0.